The van der Waals surface area contributed by atoms with Gasteiger partial charge in [-0.2, -0.15) is 0 Å². The summed E-state index contributed by atoms with van der Waals surface area (Å²) in [5.74, 6) is 0. The number of nitrogens with zero attached hydrogens (tertiary/aromatic N) is 2. The first-order chi connectivity index (χ1) is 4.20. The maximum Gasteiger partial charge on any atom is 0.215 e. The largest absolute Gasteiger partial charge is 0.252 e. The van der Waals surface area contributed by atoms with E-state index >= 15 is 0 Å². The van der Waals surface area contributed by atoms with Crippen LogP contribution in [0.25, 0.3) is 0 Å². The molecule has 0 saturated heterocycles. The second-order valence-electron chi connectivity index (χ2n) is 1.46. The summed E-state index contributed by atoms with van der Waals surface area (Å²) in [7, 11) is 0. The predicted molar refractivity (Wildman–Crippen MR) is 36.3 cm³/mol. The summed E-state index contributed by atoms with van der Waals surface area (Å²) in [6.45, 7) is 0. The molecule has 1 heterocycles. The molecule has 0 saturated carbocycles. The number of halogens is 3. The summed E-state index contributed by atoms with van der Waals surface area (Å²) in [5, 5.41) is -0.134. The molecule has 0 radical (unpaired) electrons. The molecule has 0 spiro atoms. The highest BCUT2D eigenvalue weighted by Crippen LogP contribution is 2.10. The maximum absolute atomic E-state index is 12.3. The van der Waals surface area contributed by atoms with Gasteiger partial charge in [-0.3, -0.25) is 4.99 Å². The van der Waals surface area contributed by atoms with Crippen LogP contribution in [0, 0.1) is 0 Å². The number of hydrogen-bond acceptors (Lipinski definition) is 2. The van der Waals surface area contributed by atoms with Gasteiger partial charge in [0, 0.05) is 6.21 Å². The van der Waals surface area contributed by atoms with Gasteiger partial charge in [0.1, 0.15) is 5.17 Å². The smallest absolute Gasteiger partial charge is 0.215 e. The lowest BCUT2D eigenvalue weighted by Gasteiger charge is -2.06. The van der Waals surface area contributed by atoms with E-state index in [0.29, 0.717) is 0 Å². The summed E-state index contributed by atoms with van der Waals surface area (Å²) in [6.07, 6.45) is -0.339. The van der Waals surface area contributed by atoms with Gasteiger partial charge in [0.05, 0.1) is 0 Å². The number of hydrogen-bond donors (Lipinski definition) is 0. The van der Waals surface area contributed by atoms with Crippen LogP contribution in [0.4, 0.5) is 4.39 Å². The van der Waals surface area contributed by atoms with Crippen LogP contribution in [0.15, 0.2) is 9.98 Å². The first-order valence-corrected chi connectivity index (χ1v) is 3.06. The van der Waals surface area contributed by atoms with Gasteiger partial charge in [0.2, 0.25) is 5.62 Å². The summed E-state index contributed by atoms with van der Waals surface area (Å²) >= 11 is 10.6. The van der Waals surface area contributed by atoms with E-state index in [0.717, 1.165) is 6.21 Å². The predicted octanol–water partition coefficient (Wildman–Crippen LogP) is 1.57. The fourth-order valence-electron chi connectivity index (χ4n) is 0.414. The third-order valence-corrected chi connectivity index (χ3v) is 1.31. The van der Waals surface area contributed by atoms with Crippen LogP contribution in [-0.2, 0) is 0 Å². The highest BCUT2D eigenvalue weighted by atomic mass is 35.5. The highest BCUT2D eigenvalue weighted by Gasteiger charge is 2.15. The lowest BCUT2D eigenvalue weighted by atomic mass is 10.4. The molecule has 0 bridgehead atoms. The zero-order valence-electron chi connectivity index (χ0n) is 4.26. The fourth-order valence-corrected chi connectivity index (χ4v) is 0.783. The van der Waals surface area contributed by atoms with Crippen molar-refractivity contribution in [3.63, 3.8) is 0 Å². The quantitative estimate of drug-likeness (QED) is 0.388. The van der Waals surface area contributed by atoms with Crippen molar-refractivity contribution in [3.8, 4) is 0 Å². The average Bonchev–Trinajstić information content (AvgIpc) is 1.80. The van der Waals surface area contributed by atoms with Gasteiger partial charge < -0.3 is 0 Å². The van der Waals surface area contributed by atoms with E-state index in [1.807, 2.05) is 0 Å². The molecule has 50 valence electrons. The molecule has 0 aromatic rings. The Labute approximate surface area is 61.4 Å². The molecular weight excluding hydrogens is 166 g/mol. The minimum atomic E-state index is -1.37. The Kier molecular flexibility index (Phi) is 2.03. The van der Waals surface area contributed by atoms with E-state index in [4.69, 9.17) is 23.2 Å². The molecule has 0 fully saturated rings. The average molecular weight is 169 g/mol. The summed E-state index contributed by atoms with van der Waals surface area (Å²) < 4.78 is 12.3. The van der Waals surface area contributed by atoms with E-state index < -0.39 is 11.8 Å². The Morgan fingerprint density at radius 1 is 1.67 bits per heavy atom. The Balaban J connectivity index is 2.70. The van der Waals surface area contributed by atoms with Crippen LogP contribution < -0.4 is 0 Å². The summed E-state index contributed by atoms with van der Waals surface area (Å²) in [4.78, 5) is 6.89. The molecular formula is C4H3Cl2FN2. The summed E-state index contributed by atoms with van der Waals surface area (Å²) in [6, 6.07) is 0. The second kappa shape index (κ2) is 2.62. The van der Waals surface area contributed by atoms with Crippen LogP contribution >= 0.6 is 23.2 Å². The number of alkyl halides is 2. The Bertz CT molecular complexity index is 168. The molecule has 0 aliphatic carbocycles. The number of aliphatic imine (C=N–C) groups is 2. The molecule has 2 atom stereocenters. The zero-order valence-corrected chi connectivity index (χ0v) is 5.77. The Morgan fingerprint density at radius 3 is 2.78 bits per heavy atom. The normalized spacial score (nSPS) is 34.3. The van der Waals surface area contributed by atoms with Crippen LogP contribution in [-0.4, -0.2) is 23.2 Å². The van der Waals surface area contributed by atoms with E-state index in [1.165, 1.54) is 0 Å². The Morgan fingerprint density at radius 2 is 2.33 bits per heavy atom. The van der Waals surface area contributed by atoms with Gasteiger partial charge in [-0.25, -0.2) is 9.38 Å². The zero-order chi connectivity index (χ0) is 6.85. The van der Waals surface area contributed by atoms with E-state index in [-0.39, 0.29) is 5.17 Å². The van der Waals surface area contributed by atoms with Crippen LogP contribution in [0.2, 0.25) is 0 Å². The third-order valence-electron chi connectivity index (χ3n) is 0.797. The molecule has 9 heavy (non-hydrogen) atoms. The van der Waals surface area contributed by atoms with Crippen molar-refractivity contribution >= 4 is 34.6 Å². The highest BCUT2D eigenvalue weighted by molar-refractivity contribution is 6.68. The topological polar surface area (TPSA) is 24.7 Å². The standard InChI is InChI=1S/C4H3Cl2FN2/c5-3-2(7)1-8-4(6)9-3/h1-2,4H. The molecule has 1 aliphatic heterocycles. The Hall–Kier alpha value is -0.150. The summed E-state index contributed by atoms with van der Waals surface area (Å²) in [5.41, 5.74) is -0.746. The van der Waals surface area contributed by atoms with Crippen LogP contribution in [0.5, 0.6) is 0 Å². The molecule has 2 nitrogen and oxygen atoms in total. The molecule has 2 unspecified atom stereocenters. The lowest BCUT2D eigenvalue weighted by molar-refractivity contribution is 0.518. The van der Waals surface area contributed by atoms with Crippen molar-refractivity contribution in [1.29, 1.82) is 0 Å². The van der Waals surface area contributed by atoms with E-state index in [2.05, 4.69) is 9.98 Å². The van der Waals surface area contributed by atoms with Crippen LogP contribution in [0.3, 0.4) is 0 Å². The van der Waals surface area contributed by atoms with Gasteiger partial charge in [-0.15, -0.1) is 0 Å². The van der Waals surface area contributed by atoms with Crippen LogP contribution in [0.1, 0.15) is 0 Å². The monoisotopic (exact) mass is 168 g/mol. The van der Waals surface area contributed by atoms with Gasteiger partial charge in [0.25, 0.3) is 0 Å². The lowest BCUT2D eigenvalue weighted by Crippen LogP contribution is -2.18. The minimum absolute atomic E-state index is 0.134. The van der Waals surface area contributed by atoms with Gasteiger partial charge in [0.15, 0.2) is 6.17 Å². The van der Waals surface area contributed by atoms with Crippen molar-refractivity contribution in [2.45, 2.75) is 11.8 Å². The van der Waals surface area contributed by atoms with Crippen molar-refractivity contribution < 1.29 is 4.39 Å². The van der Waals surface area contributed by atoms with Gasteiger partial charge in [-0.05, 0) is 0 Å². The SMILES string of the molecule is FC1C=NC(Cl)N=C1Cl. The maximum atomic E-state index is 12.3. The van der Waals surface area contributed by atoms with Crippen molar-refractivity contribution in [2.75, 3.05) is 0 Å². The number of rotatable bonds is 0. The fraction of sp³-hybridized carbons (Fsp3) is 0.500. The van der Waals surface area contributed by atoms with Gasteiger partial charge in [-0.1, -0.05) is 23.2 Å². The van der Waals surface area contributed by atoms with Crippen molar-refractivity contribution in [1.82, 2.24) is 0 Å². The van der Waals surface area contributed by atoms with E-state index in [9.17, 15) is 4.39 Å². The molecule has 1 rings (SSSR count). The second-order valence-corrected chi connectivity index (χ2v) is 2.24. The van der Waals surface area contributed by atoms with Crippen molar-refractivity contribution in [2.24, 2.45) is 9.98 Å². The molecule has 0 N–H and O–H groups in total. The minimum Gasteiger partial charge on any atom is -0.252 e. The van der Waals surface area contributed by atoms with Crippen molar-refractivity contribution in [3.05, 3.63) is 0 Å². The first kappa shape index (κ1) is 6.96. The molecule has 5 heteroatoms. The molecule has 0 aromatic heterocycles. The third kappa shape index (κ3) is 1.63. The van der Waals surface area contributed by atoms with E-state index in [1.54, 1.807) is 0 Å². The van der Waals surface area contributed by atoms with Gasteiger partial charge >= 0.3 is 0 Å². The first-order valence-electron chi connectivity index (χ1n) is 2.25. The molecule has 0 aromatic carbocycles. The molecule has 1 aliphatic rings. The molecule has 0 amide bonds.